The van der Waals surface area contributed by atoms with Crippen LogP contribution in [0.2, 0.25) is 5.02 Å². The fraction of sp³-hybridized carbons (Fsp3) is 0.235. The molecule has 25 heavy (non-hydrogen) atoms. The molecule has 0 fully saturated rings. The third kappa shape index (κ3) is 5.01. The van der Waals surface area contributed by atoms with Crippen molar-refractivity contribution in [3.8, 4) is 0 Å². The lowest BCUT2D eigenvalue weighted by Gasteiger charge is -2.13. The Morgan fingerprint density at radius 3 is 2.40 bits per heavy atom. The Bertz CT molecular complexity index is 870. The van der Waals surface area contributed by atoms with Crippen molar-refractivity contribution in [2.24, 2.45) is 0 Å². The maximum absolute atomic E-state index is 14.2. The molecule has 2 N–H and O–H groups in total. The third-order valence-electron chi connectivity index (χ3n) is 3.57. The molecule has 0 saturated heterocycles. The fourth-order valence-corrected chi connectivity index (χ4v) is 3.44. The Labute approximate surface area is 151 Å². The first-order valence-corrected chi connectivity index (χ1v) is 9.48. The Morgan fingerprint density at radius 1 is 1.20 bits per heavy atom. The summed E-state index contributed by atoms with van der Waals surface area (Å²) in [6.45, 7) is 3.55. The minimum Gasteiger partial charge on any atom is -0.319 e. The molecule has 1 amide bonds. The maximum Gasteiger partial charge on any atom is 0.255 e. The summed E-state index contributed by atoms with van der Waals surface area (Å²) in [5, 5.41) is 2.88. The molecule has 2 rings (SSSR count). The van der Waals surface area contributed by atoms with Gasteiger partial charge in [0.1, 0.15) is 5.82 Å². The van der Waals surface area contributed by atoms with Crippen molar-refractivity contribution in [1.29, 1.82) is 0 Å². The molecule has 0 aliphatic rings. The van der Waals surface area contributed by atoms with Crippen molar-refractivity contribution in [2.45, 2.75) is 31.2 Å². The van der Waals surface area contributed by atoms with Crippen LogP contribution in [0.15, 0.2) is 47.4 Å². The molecule has 0 unspecified atom stereocenters. The summed E-state index contributed by atoms with van der Waals surface area (Å²) in [6, 6.07) is 9.17. The van der Waals surface area contributed by atoms with Crippen molar-refractivity contribution >= 4 is 33.2 Å². The van der Waals surface area contributed by atoms with Gasteiger partial charge in [-0.2, -0.15) is 0 Å². The lowest BCUT2D eigenvalue weighted by Crippen LogP contribution is -2.32. The molecule has 5 nitrogen and oxygen atoms in total. The summed E-state index contributed by atoms with van der Waals surface area (Å²) < 4.78 is 41.0. The zero-order valence-corrected chi connectivity index (χ0v) is 15.3. The van der Waals surface area contributed by atoms with Crippen molar-refractivity contribution in [3.63, 3.8) is 0 Å². The number of nitrogens with one attached hydrogen (secondary N) is 2. The largest absolute Gasteiger partial charge is 0.319 e. The summed E-state index contributed by atoms with van der Waals surface area (Å²) >= 11 is 5.75. The van der Waals surface area contributed by atoms with Crippen molar-refractivity contribution in [1.82, 2.24) is 4.72 Å². The van der Waals surface area contributed by atoms with Gasteiger partial charge in [0.2, 0.25) is 10.0 Å². The van der Waals surface area contributed by atoms with E-state index in [0.717, 1.165) is 6.07 Å². The first kappa shape index (κ1) is 19.4. The fourth-order valence-electron chi connectivity index (χ4n) is 1.98. The minimum absolute atomic E-state index is 0.109. The van der Waals surface area contributed by atoms with Crippen LogP contribution < -0.4 is 10.0 Å². The van der Waals surface area contributed by atoms with Gasteiger partial charge in [0, 0.05) is 16.6 Å². The van der Waals surface area contributed by atoms with Gasteiger partial charge in [-0.15, -0.1) is 0 Å². The van der Waals surface area contributed by atoms with E-state index in [2.05, 4.69) is 10.0 Å². The molecule has 0 radical (unpaired) electrons. The monoisotopic (exact) mass is 384 g/mol. The Morgan fingerprint density at radius 2 is 1.84 bits per heavy atom. The number of carbonyl (C=O) groups excluding carboxylic acids is 1. The van der Waals surface area contributed by atoms with Crippen LogP contribution >= 0.6 is 11.6 Å². The molecule has 0 saturated carbocycles. The predicted octanol–water partition coefficient (Wildman–Crippen LogP) is 3.81. The van der Waals surface area contributed by atoms with Gasteiger partial charge in [-0.3, -0.25) is 4.79 Å². The van der Waals surface area contributed by atoms with Gasteiger partial charge in [0.25, 0.3) is 5.91 Å². The molecule has 8 heteroatoms. The second-order valence-electron chi connectivity index (χ2n) is 5.53. The Hall–Kier alpha value is -1.96. The van der Waals surface area contributed by atoms with Crippen LogP contribution in [0.3, 0.4) is 0 Å². The molecule has 0 aromatic heterocycles. The first-order chi connectivity index (χ1) is 11.7. The number of rotatable bonds is 6. The van der Waals surface area contributed by atoms with Gasteiger partial charge in [0.05, 0.1) is 10.6 Å². The zero-order valence-electron chi connectivity index (χ0n) is 13.7. The molecular formula is C17H18ClFN2O3S. The summed E-state index contributed by atoms with van der Waals surface area (Å²) in [7, 11) is -3.81. The van der Waals surface area contributed by atoms with Gasteiger partial charge in [0.15, 0.2) is 0 Å². The van der Waals surface area contributed by atoms with Crippen LogP contribution in [0.4, 0.5) is 10.1 Å². The number of amides is 1. The number of sulfonamides is 1. The molecule has 0 bridgehead atoms. The lowest BCUT2D eigenvalue weighted by atomic mass is 10.2. The highest BCUT2D eigenvalue weighted by atomic mass is 35.5. The van der Waals surface area contributed by atoms with Gasteiger partial charge < -0.3 is 5.32 Å². The van der Waals surface area contributed by atoms with Gasteiger partial charge in [-0.25, -0.2) is 17.5 Å². The Balaban J connectivity index is 2.19. The SMILES string of the molecule is CC[C@@H](C)NS(=O)(=O)c1ccc(NC(=O)c2ccc(Cl)cc2)c(F)c1. The standard InChI is InChI=1S/C17H18ClFN2O3S/c1-3-11(2)21-25(23,24)14-8-9-16(15(19)10-14)20-17(22)12-4-6-13(18)7-5-12/h4-11,21H,3H2,1-2H3,(H,20,22)/t11-/m1/s1. The number of anilines is 1. The van der Waals surface area contributed by atoms with E-state index in [9.17, 15) is 17.6 Å². The van der Waals surface area contributed by atoms with E-state index in [4.69, 9.17) is 11.6 Å². The normalized spacial score (nSPS) is 12.6. The van der Waals surface area contributed by atoms with Crippen LogP contribution in [-0.2, 0) is 10.0 Å². The van der Waals surface area contributed by atoms with Crippen LogP contribution in [0.5, 0.6) is 0 Å². The van der Waals surface area contributed by atoms with Gasteiger partial charge in [-0.05, 0) is 55.8 Å². The first-order valence-electron chi connectivity index (χ1n) is 7.61. The minimum atomic E-state index is -3.81. The molecule has 0 aliphatic heterocycles. The summed E-state index contributed by atoms with van der Waals surface area (Å²) in [6.07, 6.45) is 0.608. The van der Waals surface area contributed by atoms with Crippen LogP contribution in [0, 0.1) is 5.82 Å². The third-order valence-corrected chi connectivity index (χ3v) is 5.41. The zero-order chi connectivity index (χ0) is 18.6. The van der Waals surface area contributed by atoms with E-state index >= 15 is 0 Å². The quantitative estimate of drug-likeness (QED) is 0.795. The summed E-state index contributed by atoms with van der Waals surface area (Å²) in [5.74, 6) is -1.36. The number of hydrogen-bond acceptors (Lipinski definition) is 3. The molecule has 0 heterocycles. The van der Waals surface area contributed by atoms with E-state index in [-0.39, 0.29) is 16.6 Å². The highest BCUT2D eigenvalue weighted by Gasteiger charge is 2.19. The number of hydrogen-bond donors (Lipinski definition) is 2. The van der Waals surface area contributed by atoms with Crippen molar-refractivity contribution < 1.29 is 17.6 Å². The molecule has 0 spiro atoms. The molecule has 1 atom stereocenters. The number of halogens is 2. The molecule has 2 aromatic carbocycles. The van der Waals surface area contributed by atoms with Gasteiger partial charge in [-0.1, -0.05) is 18.5 Å². The van der Waals surface area contributed by atoms with E-state index in [1.165, 1.54) is 24.3 Å². The molecular weight excluding hydrogens is 367 g/mol. The van der Waals surface area contributed by atoms with Crippen LogP contribution in [-0.4, -0.2) is 20.4 Å². The molecule has 2 aromatic rings. The topological polar surface area (TPSA) is 75.3 Å². The molecule has 134 valence electrons. The lowest BCUT2D eigenvalue weighted by molar-refractivity contribution is 0.102. The second kappa shape index (κ2) is 7.95. The molecule has 0 aliphatic carbocycles. The van der Waals surface area contributed by atoms with E-state index in [1.807, 2.05) is 6.92 Å². The van der Waals surface area contributed by atoms with Crippen LogP contribution in [0.25, 0.3) is 0 Å². The second-order valence-corrected chi connectivity index (χ2v) is 7.68. The summed E-state index contributed by atoms with van der Waals surface area (Å²) in [4.78, 5) is 11.9. The van der Waals surface area contributed by atoms with E-state index in [0.29, 0.717) is 17.0 Å². The smallest absolute Gasteiger partial charge is 0.255 e. The van der Waals surface area contributed by atoms with E-state index < -0.39 is 21.7 Å². The number of benzene rings is 2. The number of carbonyl (C=O) groups is 1. The highest BCUT2D eigenvalue weighted by molar-refractivity contribution is 7.89. The average molecular weight is 385 g/mol. The van der Waals surface area contributed by atoms with E-state index in [1.54, 1.807) is 19.1 Å². The van der Waals surface area contributed by atoms with Crippen molar-refractivity contribution in [3.05, 3.63) is 58.9 Å². The average Bonchev–Trinajstić information content (AvgIpc) is 2.56. The summed E-state index contributed by atoms with van der Waals surface area (Å²) in [5.41, 5.74) is 0.196. The highest BCUT2D eigenvalue weighted by Crippen LogP contribution is 2.20. The maximum atomic E-state index is 14.2. The Kier molecular flexibility index (Phi) is 6.16. The van der Waals surface area contributed by atoms with Crippen molar-refractivity contribution in [2.75, 3.05) is 5.32 Å². The predicted molar refractivity (Wildman–Crippen MR) is 95.9 cm³/mol. The van der Waals surface area contributed by atoms with Gasteiger partial charge >= 0.3 is 0 Å². The van der Waals surface area contributed by atoms with Crippen LogP contribution in [0.1, 0.15) is 30.6 Å².